The van der Waals surface area contributed by atoms with Crippen LogP contribution >= 0.6 is 0 Å². The van der Waals surface area contributed by atoms with Crippen molar-refractivity contribution in [2.24, 2.45) is 5.92 Å². The molecule has 0 unspecified atom stereocenters. The van der Waals surface area contributed by atoms with Gasteiger partial charge in [-0.05, 0) is 61.9 Å². The Morgan fingerprint density at radius 3 is 2.68 bits per heavy atom. The lowest BCUT2D eigenvalue weighted by Gasteiger charge is -2.33. The third-order valence-corrected chi connectivity index (χ3v) is 6.67. The molecule has 0 aromatic heterocycles. The Kier molecular flexibility index (Phi) is 7.03. The molecule has 2 aromatic rings. The number of nitrogens with zero attached hydrogens (tertiary/aromatic N) is 1. The minimum absolute atomic E-state index is 0.00197. The quantitative estimate of drug-likeness (QED) is 0.705. The van der Waals surface area contributed by atoms with E-state index < -0.39 is 0 Å². The summed E-state index contributed by atoms with van der Waals surface area (Å²) in [4.78, 5) is 27.2. The first kappa shape index (κ1) is 21.6. The molecule has 2 N–H and O–H groups in total. The highest BCUT2D eigenvalue weighted by molar-refractivity contribution is 5.96. The highest BCUT2D eigenvalue weighted by Gasteiger charge is 2.26. The summed E-state index contributed by atoms with van der Waals surface area (Å²) in [5, 5.41) is 5.95. The molecule has 2 amide bonds. The monoisotopic (exact) mass is 419 g/mol. The van der Waals surface area contributed by atoms with E-state index in [1.165, 1.54) is 31.4 Å². The molecule has 1 saturated heterocycles. The van der Waals surface area contributed by atoms with Crippen molar-refractivity contribution in [2.75, 3.05) is 11.9 Å². The predicted octanol–water partition coefficient (Wildman–Crippen LogP) is 4.27. The zero-order valence-electron chi connectivity index (χ0n) is 18.4. The second-order valence-electron chi connectivity index (χ2n) is 8.99. The molecular formula is C26H33N3O2. The molecule has 2 heterocycles. The maximum absolute atomic E-state index is 12.3. The molecule has 0 saturated carbocycles. The van der Waals surface area contributed by atoms with Crippen molar-refractivity contribution >= 4 is 17.5 Å². The van der Waals surface area contributed by atoms with E-state index in [0.29, 0.717) is 31.8 Å². The summed E-state index contributed by atoms with van der Waals surface area (Å²) in [6, 6.07) is 17.1. The Hall–Kier alpha value is -2.66. The van der Waals surface area contributed by atoms with Crippen LogP contribution in [-0.4, -0.2) is 29.3 Å². The molecule has 1 fully saturated rings. The maximum atomic E-state index is 12.3. The molecule has 2 atom stereocenters. The SMILES string of the molecule is C[C@@H]1CCCCN1Cc1ccc(CNC(=O)CC[C@H]2Cc3ccccc3NC2=O)cc1. The van der Waals surface area contributed by atoms with Gasteiger partial charge in [-0.1, -0.05) is 48.9 Å². The van der Waals surface area contributed by atoms with Crippen molar-refractivity contribution in [3.63, 3.8) is 0 Å². The number of likely N-dealkylation sites (tertiary alicyclic amines) is 1. The van der Waals surface area contributed by atoms with Gasteiger partial charge in [0.2, 0.25) is 11.8 Å². The van der Waals surface area contributed by atoms with Crippen LogP contribution < -0.4 is 10.6 Å². The number of para-hydroxylation sites is 1. The van der Waals surface area contributed by atoms with E-state index >= 15 is 0 Å². The number of hydrogen-bond donors (Lipinski definition) is 2. The van der Waals surface area contributed by atoms with Crippen LogP contribution in [0.25, 0.3) is 0 Å². The average molecular weight is 420 g/mol. The van der Waals surface area contributed by atoms with Crippen LogP contribution in [0.15, 0.2) is 48.5 Å². The van der Waals surface area contributed by atoms with Gasteiger partial charge in [0, 0.05) is 37.2 Å². The number of amides is 2. The van der Waals surface area contributed by atoms with Gasteiger partial charge < -0.3 is 10.6 Å². The van der Waals surface area contributed by atoms with Gasteiger partial charge in [0.25, 0.3) is 0 Å². The second-order valence-corrected chi connectivity index (χ2v) is 8.99. The second kappa shape index (κ2) is 10.1. The molecule has 0 spiro atoms. The fourth-order valence-corrected chi connectivity index (χ4v) is 4.63. The number of anilines is 1. The first-order valence-corrected chi connectivity index (χ1v) is 11.6. The Labute approximate surface area is 185 Å². The molecule has 31 heavy (non-hydrogen) atoms. The summed E-state index contributed by atoms with van der Waals surface area (Å²) in [6.45, 7) is 5.03. The average Bonchev–Trinajstić information content (AvgIpc) is 2.78. The van der Waals surface area contributed by atoms with Gasteiger partial charge in [0.1, 0.15) is 0 Å². The summed E-state index contributed by atoms with van der Waals surface area (Å²) in [5.41, 5.74) is 4.47. The standard InChI is InChI=1S/C26H33N3O2/c1-19-6-4-5-15-29(19)18-21-11-9-20(10-12-21)17-27-25(30)14-13-23-16-22-7-2-3-8-24(22)28-26(23)31/h2-3,7-12,19,23H,4-6,13-18H2,1H3,(H,27,30)(H,28,31)/t19-,23+/m1/s1. The van der Waals surface area contributed by atoms with Crippen molar-refractivity contribution in [1.82, 2.24) is 10.2 Å². The fourth-order valence-electron chi connectivity index (χ4n) is 4.63. The van der Waals surface area contributed by atoms with E-state index in [-0.39, 0.29) is 17.7 Å². The Balaban J connectivity index is 1.20. The highest BCUT2D eigenvalue weighted by atomic mass is 16.2. The van der Waals surface area contributed by atoms with Crippen molar-refractivity contribution in [1.29, 1.82) is 0 Å². The van der Waals surface area contributed by atoms with E-state index in [9.17, 15) is 9.59 Å². The van der Waals surface area contributed by atoms with E-state index in [1.54, 1.807) is 0 Å². The van der Waals surface area contributed by atoms with E-state index in [2.05, 4.69) is 46.7 Å². The maximum Gasteiger partial charge on any atom is 0.227 e. The molecule has 5 heteroatoms. The van der Waals surface area contributed by atoms with Gasteiger partial charge in [-0.3, -0.25) is 14.5 Å². The Bertz CT molecular complexity index is 909. The third kappa shape index (κ3) is 5.73. The van der Waals surface area contributed by atoms with Gasteiger partial charge in [-0.2, -0.15) is 0 Å². The largest absolute Gasteiger partial charge is 0.352 e. The van der Waals surface area contributed by atoms with E-state index in [0.717, 1.165) is 23.4 Å². The van der Waals surface area contributed by atoms with Gasteiger partial charge in [0.05, 0.1) is 0 Å². The minimum atomic E-state index is -0.142. The molecule has 5 nitrogen and oxygen atoms in total. The third-order valence-electron chi connectivity index (χ3n) is 6.67. The molecule has 0 radical (unpaired) electrons. The lowest BCUT2D eigenvalue weighted by atomic mass is 9.89. The normalized spacial score (nSPS) is 21.3. The van der Waals surface area contributed by atoms with Crippen LogP contribution in [0.3, 0.4) is 0 Å². The summed E-state index contributed by atoms with van der Waals surface area (Å²) in [5.74, 6) is -0.125. The smallest absolute Gasteiger partial charge is 0.227 e. The topological polar surface area (TPSA) is 61.4 Å². The van der Waals surface area contributed by atoms with Gasteiger partial charge in [-0.25, -0.2) is 0 Å². The number of hydrogen-bond acceptors (Lipinski definition) is 3. The van der Waals surface area contributed by atoms with Crippen LogP contribution in [0.5, 0.6) is 0 Å². The predicted molar refractivity (Wildman–Crippen MR) is 124 cm³/mol. The molecule has 0 aliphatic carbocycles. The highest BCUT2D eigenvalue weighted by Crippen LogP contribution is 2.27. The van der Waals surface area contributed by atoms with Crippen LogP contribution in [0.2, 0.25) is 0 Å². The Morgan fingerprint density at radius 1 is 1.10 bits per heavy atom. The van der Waals surface area contributed by atoms with Crippen LogP contribution in [-0.2, 0) is 29.1 Å². The van der Waals surface area contributed by atoms with Crippen molar-refractivity contribution in [3.8, 4) is 0 Å². The van der Waals surface area contributed by atoms with Crippen LogP contribution in [0.4, 0.5) is 5.69 Å². The minimum Gasteiger partial charge on any atom is -0.352 e. The molecule has 2 aromatic carbocycles. The zero-order valence-corrected chi connectivity index (χ0v) is 18.4. The number of piperidine rings is 1. The zero-order chi connectivity index (χ0) is 21.6. The number of carbonyl (C=O) groups excluding carboxylic acids is 2. The first-order valence-electron chi connectivity index (χ1n) is 11.6. The number of nitrogens with one attached hydrogen (secondary N) is 2. The van der Waals surface area contributed by atoms with Crippen molar-refractivity contribution < 1.29 is 9.59 Å². The molecule has 2 aliphatic rings. The van der Waals surface area contributed by atoms with Crippen molar-refractivity contribution in [2.45, 2.75) is 64.6 Å². The van der Waals surface area contributed by atoms with Gasteiger partial charge in [-0.15, -0.1) is 0 Å². The van der Waals surface area contributed by atoms with Crippen LogP contribution in [0.1, 0.15) is 55.7 Å². The van der Waals surface area contributed by atoms with E-state index in [1.807, 2.05) is 24.3 Å². The summed E-state index contributed by atoms with van der Waals surface area (Å²) in [6.07, 6.45) is 5.56. The first-order chi connectivity index (χ1) is 15.1. The van der Waals surface area contributed by atoms with Gasteiger partial charge in [0.15, 0.2) is 0 Å². The molecule has 4 rings (SSSR count). The number of benzene rings is 2. The summed E-state index contributed by atoms with van der Waals surface area (Å²) in [7, 11) is 0. The van der Waals surface area contributed by atoms with Crippen LogP contribution in [0, 0.1) is 5.92 Å². The van der Waals surface area contributed by atoms with E-state index in [4.69, 9.17) is 0 Å². The molecule has 2 aliphatic heterocycles. The summed E-state index contributed by atoms with van der Waals surface area (Å²) < 4.78 is 0. The summed E-state index contributed by atoms with van der Waals surface area (Å²) >= 11 is 0. The van der Waals surface area contributed by atoms with Crippen molar-refractivity contribution in [3.05, 3.63) is 65.2 Å². The number of fused-ring (bicyclic) bond motifs is 1. The number of rotatable bonds is 7. The molecular weight excluding hydrogens is 386 g/mol. The Morgan fingerprint density at radius 2 is 1.87 bits per heavy atom. The lowest BCUT2D eigenvalue weighted by Crippen LogP contribution is -2.36. The fraction of sp³-hybridized carbons (Fsp3) is 0.462. The van der Waals surface area contributed by atoms with Gasteiger partial charge >= 0.3 is 0 Å². The lowest BCUT2D eigenvalue weighted by molar-refractivity contribution is -0.122. The number of carbonyl (C=O) groups is 2. The molecule has 164 valence electrons. The molecule has 0 bridgehead atoms.